The van der Waals surface area contributed by atoms with E-state index in [1.54, 1.807) is 66.7 Å². The van der Waals surface area contributed by atoms with Crippen LogP contribution in [0.2, 0.25) is 5.02 Å². The first-order valence-corrected chi connectivity index (χ1v) is 9.95. The molecule has 0 radical (unpaired) electrons. The number of carbonyl (C=O) groups is 2. The summed E-state index contributed by atoms with van der Waals surface area (Å²) < 4.78 is 11.5. The van der Waals surface area contributed by atoms with E-state index in [9.17, 15) is 9.59 Å². The number of hydrogen-bond acceptors (Lipinski definition) is 5. The average Bonchev–Trinajstić information content (AvgIpc) is 2.74. The Kier molecular flexibility index (Phi) is 7.59. The highest BCUT2D eigenvalue weighted by atomic mass is 79.9. The zero-order valence-corrected chi connectivity index (χ0v) is 17.9. The molecule has 152 valence electrons. The minimum atomic E-state index is -0.453. The average molecular weight is 488 g/mol. The first-order valence-electron chi connectivity index (χ1n) is 8.78. The van der Waals surface area contributed by atoms with Gasteiger partial charge in [0.1, 0.15) is 11.5 Å². The van der Waals surface area contributed by atoms with Gasteiger partial charge in [0, 0.05) is 9.50 Å². The third-order valence-electron chi connectivity index (χ3n) is 3.74. The van der Waals surface area contributed by atoms with Crippen LogP contribution in [-0.2, 0) is 4.79 Å². The van der Waals surface area contributed by atoms with Crippen molar-refractivity contribution in [2.75, 3.05) is 6.61 Å². The summed E-state index contributed by atoms with van der Waals surface area (Å²) >= 11 is 9.11. The Morgan fingerprint density at radius 3 is 2.40 bits per heavy atom. The molecule has 8 heteroatoms. The summed E-state index contributed by atoms with van der Waals surface area (Å²) in [5.74, 6) is 0.0792. The summed E-state index contributed by atoms with van der Waals surface area (Å²) in [4.78, 5) is 23.9. The van der Waals surface area contributed by atoms with Crippen LogP contribution >= 0.6 is 27.5 Å². The molecule has 3 rings (SSSR count). The lowest BCUT2D eigenvalue weighted by Crippen LogP contribution is -2.24. The van der Waals surface area contributed by atoms with E-state index < -0.39 is 11.9 Å². The largest absolute Gasteiger partial charge is 0.484 e. The number of amides is 1. The van der Waals surface area contributed by atoms with E-state index in [0.29, 0.717) is 22.1 Å². The number of hydrogen-bond donors (Lipinski definition) is 1. The number of carbonyl (C=O) groups excluding carboxylic acids is 2. The Morgan fingerprint density at radius 1 is 1.00 bits per heavy atom. The normalized spacial score (nSPS) is 10.6. The van der Waals surface area contributed by atoms with Gasteiger partial charge >= 0.3 is 5.97 Å². The molecule has 0 spiro atoms. The number of ether oxygens (including phenoxy) is 2. The lowest BCUT2D eigenvalue weighted by atomic mass is 10.2. The van der Waals surface area contributed by atoms with Gasteiger partial charge < -0.3 is 9.47 Å². The Hall–Kier alpha value is -3.16. The van der Waals surface area contributed by atoms with Crippen LogP contribution in [0.25, 0.3) is 0 Å². The van der Waals surface area contributed by atoms with Crippen molar-refractivity contribution >= 4 is 45.6 Å². The van der Waals surface area contributed by atoms with Gasteiger partial charge in [-0.3, -0.25) is 4.79 Å². The number of benzene rings is 3. The number of hydrazone groups is 1. The fourth-order valence-corrected chi connectivity index (χ4v) is 2.82. The van der Waals surface area contributed by atoms with Gasteiger partial charge in [-0.05, 0) is 72.3 Å². The molecule has 0 aliphatic rings. The molecule has 0 atom stereocenters. The van der Waals surface area contributed by atoms with E-state index in [1.807, 2.05) is 6.07 Å². The Balaban J connectivity index is 1.46. The minimum absolute atomic E-state index is 0.177. The monoisotopic (exact) mass is 486 g/mol. The van der Waals surface area contributed by atoms with E-state index in [1.165, 1.54) is 6.21 Å². The zero-order chi connectivity index (χ0) is 21.3. The molecule has 1 amide bonds. The molecule has 0 unspecified atom stereocenters. The topological polar surface area (TPSA) is 77.0 Å². The van der Waals surface area contributed by atoms with Crippen molar-refractivity contribution < 1.29 is 19.1 Å². The van der Waals surface area contributed by atoms with Crippen molar-refractivity contribution in [1.82, 2.24) is 5.43 Å². The highest BCUT2D eigenvalue weighted by Crippen LogP contribution is 2.17. The highest BCUT2D eigenvalue weighted by Gasteiger charge is 2.08. The second-order valence-corrected chi connectivity index (χ2v) is 7.36. The quantitative estimate of drug-likeness (QED) is 0.224. The molecule has 3 aromatic carbocycles. The SMILES string of the molecule is O=C(COc1ccc(Cl)cc1)N/N=C\c1ccc(OC(=O)c2cccc(Br)c2)cc1. The molecular formula is C22H16BrClN2O4. The standard InChI is InChI=1S/C22H16BrClN2O4/c23-17-3-1-2-16(12-17)22(28)30-20-8-4-15(5-9-20)13-25-26-21(27)14-29-19-10-6-18(24)7-11-19/h1-13H,14H2,(H,26,27)/b25-13-. The van der Waals surface area contributed by atoms with Crippen LogP contribution in [0.4, 0.5) is 0 Å². The van der Waals surface area contributed by atoms with Crippen molar-refractivity contribution in [2.45, 2.75) is 0 Å². The predicted molar refractivity (Wildman–Crippen MR) is 118 cm³/mol. The van der Waals surface area contributed by atoms with Crippen LogP contribution in [0, 0.1) is 0 Å². The van der Waals surface area contributed by atoms with Crippen molar-refractivity contribution in [3.05, 3.63) is 93.4 Å². The van der Waals surface area contributed by atoms with E-state index >= 15 is 0 Å². The van der Waals surface area contributed by atoms with Gasteiger partial charge in [0.05, 0.1) is 11.8 Å². The molecule has 3 aromatic rings. The molecule has 0 aliphatic carbocycles. The van der Waals surface area contributed by atoms with Gasteiger partial charge in [0.25, 0.3) is 5.91 Å². The van der Waals surface area contributed by atoms with Gasteiger partial charge in [0.2, 0.25) is 0 Å². The molecule has 0 aliphatic heterocycles. The zero-order valence-electron chi connectivity index (χ0n) is 15.5. The Morgan fingerprint density at radius 2 is 1.70 bits per heavy atom. The summed E-state index contributed by atoms with van der Waals surface area (Å²) in [6.45, 7) is -0.177. The number of esters is 1. The van der Waals surface area contributed by atoms with Crippen LogP contribution in [-0.4, -0.2) is 24.7 Å². The Bertz CT molecular complexity index is 1050. The molecular weight excluding hydrogens is 472 g/mol. The molecule has 0 heterocycles. The van der Waals surface area contributed by atoms with Gasteiger partial charge in [0.15, 0.2) is 6.61 Å². The molecule has 0 saturated carbocycles. The molecule has 0 aromatic heterocycles. The van der Waals surface area contributed by atoms with Crippen molar-refractivity contribution in [3.63, 3.8) is 0 Å². The fourth-order valence-electron chi connectivity index (χ4n) is 2.29. The summed E-state index contributed by atoms with van der Waals surface area (Å²) in [5.41, 5.74) is 3.54. The maximum absolute atomic E-state index is 12.1. The molecule has 1 N–H and O–H groups in total. The van der Waals surface area contributed by atoms with Crippen LogP contribution in [0.15, 0.2) is 82.4 Å². The van der Waals surface area contributed by atoms with E-state index in [-0.39, 0.29) is 6.61 Å². The molecule has 0 fully saturated rings. The Labute approximate surface area is 186 Å². The summed E-state index contributed by atoms with van der Waals surface area (Å²) in [6.07, 6.45) is 1.47. The van der Waals surface area contributed by atoms with Crippen molar-refractivity contribution in [1.29, 1.82) is 0 Å². The predicted octanol–water partition coefficient (Wildman–Crippen LogP) is 4.85. The molecule has 30 heavy (non-hydrogen) atoms. The summed E-state index contributed by atoms with van der Waals surface area (Å²) in [5, 5.41) is 4.47. The smallest absolute Gasteiger partial charge is 0.343 e. The van der Waals surface area contributed by atoms with Gasteiger partial charge in [-0.25, -0.2) is 10.2 Å². The molecule has 0 bridgehead atoms. The molecule has 0 saturated heterocycles. The summed E-state index contributed by atoms with van der Waals surface area (Å²) in [6, 6.07) is 20.3. The van der Waals surface area contributed by atoms with Crippen LogP contribution in [0.3, 0.4) is 0 Å². The fraction of sp³-hybridized carbons (Fsp3) is 0.0455. The van der Waals surface area contributed by atoms with E-state index in [2.05, 4.69) is 26.5 Å². The van der Waals surface area contributed by atoms with Gasteiger partial charge in [-0.15, -0.1) is 0 Å². The minimum Gasteiger partial charge on any atom is -0.484 e. The number of rotatable bonds is 7. The van der Waals surface area contributed by atoms with Crippen molar-refractivity contribution in [3.8, 4) is 11.5 Å². The first-order chi connectivity index (χ1) is 14.5. The third kappa shape index (κ3) is 6.72. The number of nitrogens with zero attached hydrogens (tertiary/aromatic N) is 1. The lowest BCUT2D eigenvalue weighted by Gasteiger charge is -2.05. The maximum Gasteiger partial charge on any atom is 0.343 e. The number of halogens is 2. The van der Waals surface area contributed by atoms with Gasteiger partial charge in [-0.2, -0.15) is 5.10 Å². The first kappa shape index (κ1) is 21.5. The van der Waals surface area contributed by atoms with Crippen LogP contribution in [0.5, 0.6) is 11.5 Å². The van der Waals surface area contributed by atoms with Crippen LogP contribution < -0.4 is 14.9 Å². The molecule has 6 nitrogen and oxygen atoms in total. The highest BCUT2D eigenvalue weighted by molar-refractivity contribution is 9.10. The van der Waals surface area contributed by atoms with Gasteiger partial charge in [-0.1, -0.05) is 33.6 Å². The third-order valence-corrected chi connectivity index (χ3v) is 4.48. The second-order valence-electron chi connectivity index (χ2n) is 6.00. The maximum atomic E-state index is 12.1. The lowest BCUT2D eigenvalue weighted by molar-refractivity contribution is -0.123. The number of nitrogens with one attached hydrogen (secondary N) is 1. The van der Waals surface area contributed by atoms with E-state index in [4.69, 9.17) is 21.1 Å². The second kappa shape index (κ2) is 10.6. The van der Waals surface area contributed by atoms with Crippen molar-refractivity contribution in [2.24, 2.45) is 5.10 Å². The van der Waals surface area contributed by atoms with Crippen LogP contribution in [0.1, 0.15) is 15.9 Å². The summed E-state index contributed by atoms with van der Waals surface area (Å²) in [7, 11) is 0. The van der Waals surface area contributed by atoms with E-state index in [0.717, 1.165) is 10.0 Å².